The van der Waals surface area contributed by atoms with Crippen LogP contribution in [0.15, 0.2) is 12.1 Å². The highest BCUT2D eigenvalue weighted by atomic mass is 127. The third kappa shape index (κ3) is 2.76. The van der Waals surface area contributed by atoms with Crippen LogP contribution < -0.4 is 4.74 Å². The smallest absolute Gasteiger partial charge is 0.188 e. The van der Waals surface area contributed by atoms with Crippen molar-refractivity contribution in [2.75, 3.05) is 13.9 Å². The van der Waals surface area contributed by atoms with E-state index in [1.165, 1.54) is 0 Å². The Morgan fingerprint density at radius 2 is 2.33 bits per heavy atom. The molecule has 0 bridgehead atoms. The van der Waals surface area contributed by atoms with Crippen molar-refractivity contribution < 1.29 is 9.47 Å². The van der Waals surface area contributed by atoms with Crippen molar-refractivity contribution in [2.45, 2.75) is 0 Å². The maximum atomic E-state index is 5.65. The number of pyridine rings is 1. The first kappa shape index (κ1) is 10.0. The predicted molar refractivity (Wildman–Crippen MR) is 54.5 cm³/mol. The largest absolute Gasteiger partial charge is 0.465 e. The summed E-state index contributed by atoms with van der Waals surface area (Å²) in [6, 6.07) is 3.44. The van der Waals surface area contributed by atoms with E-state index in [-0.39, 0.29) is 6.79 Å². The summed E-state index contributed by atoms with van der Waals surface area (Å²) in [5.41, 5.74) is 0. The van der Waals surface area contributed by atoms with Gasteiger partial charge in [0.25, 0.3) is 0 Å². The molecule has 3 nitrogen and oxygen atoms in total. The lowest BCUT2D eigenvalue weighted by Gasteiger charge is -2.05. The Kier molecular flexibility index (Phi) is 4.03. The van der Waals surface area contributed by atoms with E-state index in [0.29, 0.717) is 10.9 Å². The normalized spacial score (nSPS) is 9.92. The monoisotopic (exact) mass is 299 g/mol. The lowest BCUT2D eigenvalue weighted by Crippen LogP contribution is -2.01. The summed E-state index contributed by atoms with van der Waals surface area (Å²) < 4.78 is 10.7. The first-order valence-electron chi connectivity index (χ1n) is 3.18. The second-order valence-corrected chi connectivity index (χ2v) is 3.38. The quantitative estimate of drug-likeness (QED) is 0.488. The van der Waals surface area contributed by atoms with Crippen molar-refractivity contribution in [3.05, 3.63) is 21.0 Å². The average molecular weight is 299 g/mol. The Balaban J connectivity index is 2.72. The lowest BCUT2D eigenvalue weighted by atomic mass is 10.5. The number of hydrogen-bond acceptors (Lipinski definition) is 3. The van der Waals surface area contributed by atoms with Crippen LogP contribution in [0.1, 0.15) is 0 Å². The van der Waals surface area contributed by atoms with Crippen LogP contribution in [-0.4, -0.2) is 18.9 Å². The van der Waals surface area contributed by atoms with Crippen LogP contribution in [0, 0.1) is 3.70 Å². The minimum Gasteiger partial charge on any atom is -0.465 e. The third-order valence-electron chi connectivity index (χ3n) is 1.11. The van der Waals surface area contributed by atoms with E-state index in [1.54, 1.807) is 19.2 Å². The molecule has 0 amide bonds. The molecule has 5 heteroatoms. The van der Waals surface area contributed by atoms with E-state index in [2.05, 4.69) is 4.98 Å². The van der Waals surface area contributed by atoms with Crippen LogP contribution in [-0.2, 0) is 4.74 Å². The molecule has 0 N–H and O–H groups in total. The van der Waals surface area contributed by atoms with Crippen molar-refractivity contribution in [3.8, 4) is 5.75 Å². The van der Waals surface area contributed by atoms with Gasteiger partial charge in [-0.1, -0.05) is 11.6 Å². The van der Waals surface area contributed by atoms with Crippen molar-refractivity contribution in [1.29, 1.82) is 0 Å². The zero-order valence-electron chi connectivity index (χ0n) is 6.38. The van der Waals surface area contributed by atoms with Crippen molar-refractivity contribution in [3.63, 3.8) is 0 Å². The van der Waals surface area contributed by atoms with Gasteiger partial charge in [-0.25, -0.2) is 4.98 Å². The van der Waals surface area contributed by atoms with Crippen LogP contribution >= 0.6 is 34.2 Å². The molecule has 0 unspecified atom stereocenters. The molecule has 0 aromatic carbocycles. The van der Waals surface area contributed by atoms with Gasteiger partial charge in [0, 0.05) is 7.11 Å². The van der Waals surface area contributed by atoms with Gasteiger partial charge < -0.3 is 9.47 Å². The number of halogens is 2. The molecule has 66 valence electrons. The van der Waals surface area contributed by atoms with Crippen LogP contribution in [0.4, 0.5) is 0 Å². The fourth-order valence-electron chi connectivity index (χ4n) is 0.629. The maximum absolute atomic E-state index is 5.65. The summed E-state index contributed by atoms with van der Waals surface area (Å²) in [6.45, 7) is 0.222. The molecule has 0 aliphatic heterocycles. The molecule has 0 spiro atoms. The van der Waals surface area contributed by atoms with Gasteiger partial charge in [-0.05, 0) is 34.7 Å². The molecule has 0 saturated heterocycles. The number of rotatable bonds is 3. The molecule has 1 rings (SSSR count). The summed E-state index contributed by atoms with van der Waals surface area (Å²) in [5, 5.41) is 0.462. The van der Waals surface area contributed by atoms with Gasteiger partial charge in [0.2, 0.25) is 0 Å². The van der Waals surface area contributed by atoms with E-state index in [1.807, 2.05) is 22.6 Å². The van der Waals surface area contributed by atoms with E-state index in [4.69, 9.17) is 21.1 Å². The molecular formula is C7H7ClINO2. The molecule has 0 radical (unpaired) electrons. The van der Waals surface area contributed by atoms with Gasteiger partial charge in [0.05, 0.1) is 0 Å². The summed E-state index contributed by atoms with van der Waals surface area (Å²) in [6.07, 6.45) is 0. The average Bonchev–Trinajstić information content (AvgIpc) is 2.03. The molecule has 0 aliphatic carbocycles. The van der Waals surface area contributed by atoms with E-state index >= 15 is 0 Å². The Labute approximate surface area is 89.2 Å². The van der Waals surface area contributed by atoms with Crippen LogP contribution in [0.25, 0.3) is 0 Å². The highest BCUT2D eigenvalue weighted by Gasteiger charge is 2.01. The fourth-order valence-corrected chi connectivity index (χ4v) is 1.51. The van der Waals surface area contributed by atoms with Crippen molar-refractivity contribution in [2.24, 2.45) is 0 Å². The first-order chi connectivity index (χ1) is 5.74. The zero-order valence-corrected chi connectivity index (χ0v) is 9.29. The summed E-state index contributed by atoms with van der Waals surface area (Å²) in [4.78, 5) is 4.00. The van der Waals surface area contributed by atoms with Gasteiger partial charge >= 0.3 is 0 Å². The number of ether oxygens (including phenoxy) is 2. The van der Waals surface area contributed by atoms with Gasteiger partial charge in [-0.2, -0.15) is 0 Å². The molecule has 1 aromatic heterocycles. The fraction of sp³-hybridized carbons (Fsp3) is 0.286. The SMILES string of the molecule is COCOc1ccc(Cl)nc1I. The van der Waals surface area contributed by atoms with Gasteiger partial charge in [0.15, 0.2) is 12.5 Å². The second kappa shape index (κ2) is 4.84. The minimum atomic E-state index is 0.222. The Bertz CT molecular complexity index is 270. The van der Waals surface area contributed by atoms with Crippen LogP contribution in [0.5, 0.6) is 5.75 Å². The van der Waals surface area contributed by atoms with Gasteiger partial charge in [-0.3, -0.25) is 0 Å². The zero-order chi connectivity index (χ0) is 8.97. The van der Waals surface area contributed by atoms with E-state index in [9.17, 15) is 0 Å². The number of hydrogen-bond donors (Lipinski definition) is 0. The lowest BCUT2D eigenvalue weighted by molar-refractivity contribution is 0.0502. The highest BCUT2D eigenvalue weighted by Crippen LogP contribution is 2.20. The van der Waals surface area contributed by atoms with E-state index in [0.717, 1.165) is 3.70 Å². The molecule has 0 aliphatic rings. The summed E-state index contributed by atoms with van der Waals surface area (Å²) in [7, 11) is 1.57. The van der Waals surface area contributed by atoms with Crippen LogP contribution in [0.3, 0.4) is 0 Å². The van der Waals surface area contributed by atoms with E-state index < -0.39 is 0 Å². The predicted octanol–water partition coefficient (Wildman–Crippen LogP) is 2.32. The number of methoxy groups -OCH3 is 1. The van der Waals surface area contributed by atoms with Crippen molar-refractivity contribution in [1.82, 2.24) is 4.98 Å². The molecular weight excluding hydrogens is 292 g/mol. The molecule has 0 atom stereocenters. The van der Waals surface area contributed by atoms with Crippen molar-refractivity contribution >= 4 is 34.2 Å². The van der Waals surface area contributed by atoms with Crippen LogP contribution in [0.2, 0.25) is 5.15 Å². The molecule has 1 heterocycles. The minimum absolute atomic E-state index is 0.222. The third-order valence-corrected chi connectivity index (χ3v) is 2.10. The second-order valence-electron chi connectivity index (χ2n) is 1.97. The molecule has 12 heavy (non-hydrogen) atoms. The maximum Gasteiger partial charge on any atom is 0.188 e. The molecule has 0 fully saturated rings. The Morgan fingerprint density at radius 1 is 1.58 bits per heavy atom. The summed E-state index contributed by atoms with van der Waals surface area (Å²) >= 11 is 7.70. The standard InChI is InChI=1S/C7H7ClINO2/c1-11-4-12-5-2-3-6(8)10-7(5)9/h2-3H,4H2,1H3. The Morgan fingerprint density at radius 3 is 2.92 bits per heavy atom. The Hall–Kier alpha value is -0.0700. The molecule has 0 saturated carbocycles. The topological polar surface area (TPSA) is 31.4 Å². The molecule has 1 aromatic rings. The number of nitrogens with zero attached hydrogens (tertiary/aromatic N) is 1. The highest BCUT2D eigenvalue weighted by molar-refractivity contribution is 14.1. The van der Waals surface area contributed by atoms with Gasteiger partial charge in [0.1, 0.15) is 8.85 Å². The number of aromatic nitrogens is 1. The van der Waals surface area contributed by atoms with Gasteiger partial charge in [-0.15, -0.1) is 0 Å². The summed E-state index contributed by atoms with van der Waals surface area (Å²) in [5.74, 6) is 0.682. The first-order valence-corrected chi connectivity index (χ1v) is 4.63.